The molecule has 0 aliphatic heterocycles. The minimum absolute atomic E-state index is 0.322. The molecule has 0 aromatic carbocycles. The molecular weight excluding hydrogens is 620 g/mol. The molecule has 0 aliphatic carbocycles. The fourth-order valence-corrected chi connectivity index (χ4v) is 4.23. The van der Waals surface area contributed by atoms with E-state index in [9.17, 15) is 48.6 Å². The zero-order valence-electron chi connectivity index (χ0n) is 27.7. The Labute approximate surface area is 274 Å². The molecule has 6 atom stereocenters. The average Bonchev–Trinajstić information content (AvgIpc) is 2.97. The number of hydrogen-bond acceptors (Lipinski definition) is 10. The molecule has 0 spiro atoms. The zero-order valence-corrected chi connectivity index (χ0v) is 27.7. The Morgan fingerprint density at radius 1 is 0.596 bits per heavy atom. The molecule has 0 radical (unpaired) electrons. The third-order valence-electron chi connectivity index (χ3n) is 7.13. The summed E-state index contributed by atoms with van der Waals surface area (Å²) in [4.78, 5) is 99.3. The second kappa shape index (κ2) is 21.5. The molecule has 0 bridgehead atoms. The SMILES string of the molecule is CC(NC(=O)C(CCC(N)=O)NC(=O)C(CCC(=O)O)NC(=O)C(NC(=O)C(N)CCCCN)C(C)C)C(=O)NC(C(=O)O)C(C)C. The molecule has 0 fully saturated rings. The summed E-state index contributed by atoms with van der Waals surface area (Å²) in [6.07, 6.45) is -0.0764. The minimum Gasteiger partial charge on any atom is -0.481 e. The van der Waals surface area contributed by atoms with E-state index in [-0.39, 0.29) is 12.8 Å². The van der Waals surface area contributed by atoms with Gasteiger partial charge in [-0.2, -0.15) is 0 Å². The number of amides is 6. The maximum Gasteiger partial charge on any atom is 0.326 e. The predicted octanol–water partition coefficient (Wildman–Crippen LogP) is -2.59. The molecule has 13 N–H and O–H groups in total. The van der Waals surface area contributed by atoms with Crippen LogP contribution in [-0.4, -0.2) is 100 Å². The Bertz CT molecular complexity index is 1120. The highest BCUT2D eigenvalue weighted by atomic mass is 16.4. The standard InChI is InChI=1S/C29H52N8O10/c1-14(2)22(36-25(42)17(31)8-6-7-13-30)28(45)35-19(10-12-21(39)40)27(44)34-18(9-11-20(32)38)26(43)33-16(5)24(41)37-23(15(3)4)29(46)47/h14-19,22-23H,6-13,30-31H2,1-5H3,(H2,32,38)(H,33,43)(H,34,44)(H,35,45)(H,36,42)(H,37,41)(H,39,40)(H,46,47). The van der Waals surface area contributed by atoms with E-state index in [1.807, 2.05) is 0 Å². The van der Waals surface area contributed by atoms with Gasteiger partial charge in [-0.05, 0) is 51.0 Å². The molecule has 0 aromatic rings. The summed E-state index contributed by atoms with van der Waals surface area (Å²) in [5.74, 6) is -8.48. The minimum atomic E-state index is -1.50. The number of carbonyl (C=O) groups excluding carboxylic acids is 6. The van der Waals surface area contributed by atoms with Gasteiger partial charge in [0.15, 0.2) is 0 Å². The molecule has 0 aliphatic rings. The van der Waals surface area contributed by atoms with Crippen molar-refractivity contribution < 1.29 is 48.6 Å². The Hall–Kier alpha value is -4.32. The highest BCUT2D eigenvalue weighted by Gasteiger charge is 2.33. The third kappa shape index (κ3) is 16.7. The monoisotopic (exact) mass is 672 g/mol. The molecule has 0 saturated carbocycles. The number of nitrogens with two attached hydrogens (primary N) is 3. The van der Waals surface area contributed by atoms with Crippen LogP contribution < -0.4 is 43.8 Å². The first-order chi connectivity index (χ1) is 21.8. The van der Waals surface area contributed by atoms with Crippen molar-refractivity contribution in [2.45, 2.75) is 116 Å². The van der Waals surface area contributed by atoms with Gasteiger partial charge in [0.05, 0.1) is 6.04 Å². The van der Waals surface area contributed by atoms with Gasteiger partial charge >= 0.3 is 11.9 Å². The van der Waals surface area contributed by atoms with E-state index in [2.05, 4.69) is 26.6 Å². The van der Waals surface area contributed by atoms with Gasteiger partial charge in [0.25, 0.3) is 0 Å². The normalized spacial score (nSPS) is 14.9. The molecular formula is C29H52N8O10. The molecule has 18 heteroatoms. The molecule has 18 nitrogen and oxygen atoms in total. The molecule has 0 heterocycles. The van der Waals surface area contributed by atoms with Crippen LogP contribution in [0, 0.1) is 11.8 Å². The van der Waals surface area contributed by atoms with Crippen molar-refractivity contribution in [1.82, 2.24) is 26.6 Å². The van der Waals surface area contributed by atoms with Crippen LogP contribution in [0.2, 0.25) is 0 Å². The lowest BCUT2D eigenvalue weighted by molar-refractivity contribution is -0.143. The average molecular weight is 673 g/mol. The number of unbranched alkanes of at least 4 members (excludes halogenated alkanes) is 1. The second-order valence-electron chi connectivity index (χ2n) is 12.0. The first kappa shape index (κ1) is 42.7. The smallest absolute Gasteiger partial charge is 0.326 e. The van der Waals surface area contributed by atoms with Crippen LogP contribution in [0.5, 0.6) is 0 Å². The quantitative estimate of drug-likeness (QED) is 0.0500. The molecule has 268 valence electrons. The highest BCUT2D eigenvalue weighted by molar-refractivity contribution is 5.96. The largest absolute Gasteiger partial charge is 0.481 e. The van der Waals surface area contributed by atoms with Crippen molar-refractivity contribution >= 4 is 47.4 Å². The van der Waals surface area contributed by atoms with Gasteiger partial charge in [-0.25, -0.2) is 4.79 Å². The lowest BCUT2D eigenvalue weighted by atomic mass is 10.0. The number of aliphatic carboxylic acids is 2. The first-order valence-electron chi connectivity index (χ1n) is 15.5. The summed E-state index contributed by atoms with van der Waals surface area (Å²) in [5, 5.41) is 30.6. The van der Waals surface area contributed by atoms with Gasteiger partial charge < -0.3 is 54.0 Å². The number of carbonyl (C=O) groups is 8. The zero-order chi connectivity index (χ0) is 36.4. The molecule has 0 saturated heterocycles. The number of nitrogens with one attached hydrogen (secondary N) is 5. The Kier molecular flexibility index (Phi) is 19.5. The van der Waals surface area contributed by atoms with Crippen molar-refractivity contribution in [3.05, 3.63) is 0 Å². The van der Waals surface area contributed by atoms with Crippen LogP contribution in [0.15, 0.2) is 0 Å². The van der Waals surface area contributed by atoms with E-state index in [1.54, 1.807) is 27.7 Å². The van der Waals surface area contributed by atoms with E-state index >= 15 is 0 Å². The van der Waals surface area contributed by atoms with Gasteiger partial charge in [-0.1, -0.05) is 34.1 Å². The maximum atomic E-state index is 13.4. The number of hydrogen-bond donors (Lipinski definition) is 10. The van der Waals surface area contributed by atoms with Crippen molar-refractivity contribution in [3.63, 3.8) is 0 Å². The van der Waals surface area contributed by atoms with E-state index in [0.717, 1.165) is 0 Å². The fraction of sp³-hybridized carbons (Fsp3) is 0.724. The van der Waals surface area contributed by atoms with Crippen LogP contribution in [0.4, 0.5) is 0 Å². The van der Waals surface area contributed by atoms with Crippen LogP contribution in [0.3, 0.4) is 0 Å². The van der Waals surface area contributed by atoms with Gasteiger partial charge in [0, 0.05) is 12.8 Å². The summed E-state index contributed by atoms with van der Waals surface area (Å²) >= 11 is 0. The van der Waals surface area contributed by atoms with Gasteiger partial charge in [-0.3, -0.25) is 33.6 Å². The summed E-state index contributed by atoms with van der Waals surface area (Å²) in [6.45, 7) is 8.13. The predicted molar refractivity (Wildman–Crippen MR) is 169 cm³/mol. The van der Waals surface area contributed by atoms with Crippen molar-refractivity contribution in [3.8, 4) is 0 Å². The molecule has 0 rings (SSSR count). The Balaban J connectivity index is 5.91. The summed E-state index contributed by atoms with van der Waals surface area (Å²) in [7, 11) is 0. The van der Waals surface area contributed by atoms with Gasteiger partial charge in [-0.15, -0.1) is 0 Å². The summed E-state index contributed by atoms with van der Waals surface area (Å²) < 4.78 is 0. The number of carboxylic acids is 2. The molecule has 6 unspecified atom stereocenters. The lowest BCUT2D eigenvalue weighted by Gasteiger charge is -2.27. The van der Waals surface area contributed by atoms with Crippen LogP contribution >= 0.6 is 0 Å². The van der Waals surface area contributed by atoms with E-state index in [0.29, 0.717) is 25.8 Å². The highest BCUT2D eigenvalue weighted by Crippen LogP contribution is 2.09. The number of primary amides is 1. The van der Waals surface area contributed by atoms with Crippen molar-refractivity contribution in [2.75, 3.05) is 6.54 Å². The van der Waals surface area contributed by atoms with Crippen LogP contribution in [0.1, 0.15) is 79.6 Å². The van der Waals surface area contributed by atoms with Crippen molar-refractivity contribution in [1.29, 1.82) is 0 Å². The third-order valence-corrected chi connectivity index (χ3v) is 7.13. The number of rotatable bonds is 23. The summed E-state index contributed by atoms with van der Waals surface area (Å²) in [6, 6.07) is -7.55. The van der Waals surface area contributed by atoms with Gasteiger partial charge in [0.1, 0.15) is 30.2 Å². The Morgan fingerprint density at radius 3 is 1.55 bits per heavy atom. The van der Waals surface area contributed by atoms with E-state index < -0.39 is 108 Å². The van der Waals surface area contributed by atoms with Crippen LogP contribution in [-0.2, 0) is 38.4 Å². The Morgan fingerprint density at radius 2 is 1.09 bits per heavy atom. The van der Waals surface area contributed by atoms with E-state index in [1.165, 1.54) is 6.92 Å². The molecule has 6 amide bonds. The topological polar surface area (TPSA) is 315 Å². The summed E-state index contributed by atoms with van der Waals surface area (Å²) in [5.41, 5.74) is 16.6. The van der Waals surface area contributed by atoms with E-state index in [4.69, 9.17) is 17.2 Å². The molecule has 47 heavy (non-hydrogen) atoms. The van der Waals surface area contributed by atoms with Crippen LogP contribution in [0.25, 0.3) is 0 Å². The van der Waals surface area contributed by atoms with Crippen molar-refractivity contribution in [2.24, 2.45) is 29.0 Å². The molecule has 0 aromatic heterocycles. The lowest BCUT2D eigenvalue weighted by Crippen LogP contribution is -2.60. The second-order valence-corrected chi connectivity index (χ2v) is 12.0. The maximum absolute atomic E-state index is 13.4. The first-order valence-corrected chi connectivity index (χ1v) is 15.5. The number of carboxylic acid groups (broad SMARTS) is 2. The van der Waals surface area contributed by atoms with Gasteiger partial charge in [0.2, 0.25) is 35.4 Å². The fourth-order valence-electron chi connectivity index (χ4n) is 4.23.